The van der Waals surface area contributed by atoms with Crippen molar-refractivity contribution in [3.8, 4) is 11.8 Å². The summed E-state index contributed by atoms with van der Waals surface area (Å²) in [5.74, 6) is -0.441. The van der Waals surface area contributed by atoms with Crippen molar-refractivity contribution in [1.29, 1.82) is 5.26 Å². The Morgan fingerprint density at radius 2 is 2.33 bits per heavy atom. The Balaban J connectivity index is 1.85. The van der Waals surface area contributed by atoms with Gasteiger partial charge in [0.15, 0.2) is 0 Å². The fourth-order valence-corrected chi connectivity index (χ4v) is 1.57. The molecule has 0 heterocycles. The second-order valence-corrected chi connectivity index (χ2v) is 4.37. The highest BCUT2D eigenvalue weighted by Crippen LogP contribution is 2.21. The number of rotatable bonds is 6. The van der Waals surface area contributed by atoms with Crippen LogP contribution in [0.3, 0.4) is 0 Å². The molecular formula is C13H15FN2O2. The number of benzene rings is 1. The number of nitriles is 1. The predicted molar refractivity (Wildman–Crippen MR) is 63.6 cm³/mol. The van der Waals surface area contributed by atoms with Gasteiger partial charge in [0.2, 0.25) is 0 Å². The Morgan fingerprint density at radius 3 is 3.00 bits per heavy atom. The van der Waals surface area contributed by atoms with Crippen LogP contribution in [0.15, 0.2) is 18.2 Å². The molecule has 0 bridgehead atoms. The maximum absolute atomic E-state index is 13.3. The molecule has 1 aromatic carbocycles. The van der Waals surface area contributed by atoms with Crippen molar-refractivity contribution < 1.29 is 14.2 Å². The fourth-order valence-electron chi connectivity index (χ4n) is 1.57. The molecule has 1 fully saturated rings. The SMILES string of the molecule is N#Cc1c(F)cccc1OCC(O)CNC1CC1. The molecule has 0 saturated heterocycles. The molecule has 2 rings (SSSR count). The zero-order chi connectivity index (χ0) is 13.0. The van der Waals surface area contributed by atoms with Gasteiger partial charge in [-0.2, -0.15) is 5.26 Å². The van der Waals surface area contributed by atoms with Crippen LogP contribution in [0.4, 0.5) is 4.39 Å². The third kappa shape index (κ3) is 3.42. The number of aliphatic hydroxyl groups excluding tert-OH is 1. The quantitative estimate of drug-likeness (QED) is 0.796. The number of aliphatic hydroxyl groups is 1. The summed E-state index contributed by atoms with van der Waals surface area (Å²) in [5.41, 5.74) is -0.125. The maximum Gasteiger partial charge on any atom is 0.144 e. The van der Waals surface area contributed by atoms with Crippen LogP contribution in [-0.4, -0.2) is 30.4 Å². The van der Waals surface area contributed by atoms with E-state index in [0.29, 0.717) is 12.6 Å². The van der Waals surface area contributed by atoms with Crippen molar-refractivity contribution in [2.24, 2.45) is 0 Å². The number of hydrogen-bond acceptors (Lipinski definition) is 4. The minimum absolute atomic E-state index is 0.0395. The predicted octanol–water partition coefficient (Wildman–Crippen LogP) is 1.19. The monoisotopic (exact) mass is 250 g/mol. The summed E-state index contributed by atoms with van der Waals surface area (Å²) >= 11 is 0. The van der Waals surface area contributed by atoms with Crippen molar-refractivity contribution in [3.63, 3.8) is 0 Å². The molecule has 0 spiro atoms. The van der Waals surface area contributed by atoms with E-state index in [1.165, 1.54) is 18.2 Å². The zero-order valence-corrected chi connectivity index (χ0v) is 9.90. The van der Waals surface area contributed by atoms with Gasteiger partial charge in [0.05, 0.1) is 0 Å². The molecule has 1 unspecified atom stereocenters. The lowest BCUT2D eigenvalue weighted by Crippen LogP contribution is -2.32. The molecule has 5 heteroatoms. The van der Waals surface area contributed by atoms with E-state index in [9.17, 15) is 9.50 Å². The number of hydrogen-bond donors (Lipinski definition) is 2. The molecular weight excluding hydrogens is 235 g/mol. The minimum atomic E-state index is -0.666. The third-order valence-electron chi connectivity index (χ3n) is 2.74. The van der Waals surface area contributed by atoms with Crippen LogP contribution in [0, 0.1) is 17.1 Å². The second-order valence-electron chi connectivity index (χ2n) is 4.37. The van der Waals surface area contributed by atoms with E-state index < -0.39 is 11.9 Å². The molecule has 1 saturated carbocycles. The van der Waals surface area contributed by atoms with Crippen LogP contribution in [0.1, 0.15) is 18.4 Å². The lowest BCUT2D eigenvalue weighted by atomic mass is 10.2. The van der Waals surface area contributed by atoms with Crippen LogP contribution in [0.25, 0.3) is 0 Å². The van der Waals surface area contributed by atoms with Crippen LogP contribution >= 0.6 is 0 Å². The largest absolute Gasteiger partial charge is 0.489 e. The topological polar surface area (TPSA) is 65.3 Å². The van der Waals surface area contributed by atoms with Crippen molar-refractivity contribution in [3.05, 3.63) is 29.6 Å². The molecule has 0 amide bonds. The molecule has 0 aliphatic heterocycles. The van der Waals surface area contributed by atoms with E-state index >= 15 is 0 Å². The smallest absolute Gasteiger partial charge is 0.144 e. The Hall–Kier alpha value is -1.64. The van der Waals surface area contributed by atoms with Crippen molar-refractivity contribution in [2.75, 3.05) is 13.2 Å². The summed E-state index contributed by atoms with van der Waals surface area (Å²) in [5, 5.41) is 21.6. The first-order valence-electron chi connectivity index (χ1n) is 5.93. The fraction of sp³-hybridized carbons (Fsp3) is 0.462. The van der Waals surface area contributed by atoms with Crippen LogP contribution < -0.4 is 10.1 Å². The molecule has 4 nitrogen and oxygen atoms in total. The first-order valence-corrected chi connectivity index (χ1v) is 5.93. The molecule has 0 radical (unpaired) electrons. The highest BCUT2D eigenvalue weighted by atomic mass is 19.1. The summed E-state index contributed by atoms with van der Waals surface area (Å²) in [6.45, 7) is 0.486. The number of nitrogens with zero attached hydrogens (tertiary/aromatic N) is 1. The van der Waals surface area contributed by atoms with E-state index in [0.717, 1.165) is 12.8 Å². The zero-order valence-electron chi connectivity index (χ0n) is 9.90. The molecule has 1 aliphatic carbocycles. The molecule has 96 valence electrons. The molecule has 18 heavy (non-hydrogen) atoms. The second kappa shape index (κ2) is 5.80. The van der Waals surface area contributed by atoms with Gasteiger partial charge in [0.1, 0.15) is 35.9 Å². The minimum Gasteiger partial charge on any atom is -0.489 e. The summed E-state index contributed by atoms with van der Waals surface area (Å²) in [4.78, 5) is 0. The van der Waals surface area contributed by atoms with E-state index in [4.69, 9.17) is 10.00 Å². The summed E-state index contributed by atoms with van der Waals surface area (Å²) in [6, 6.07) is 6.46. The lowest BCUT2D eigenvalue weighted by molar-refractivity contribution is 0.106. The van der Waals surface area contributed by atoms with Gasteiger partial charge in [-0.1, -0.05) is 6.07 Å². The van der Waals surface area contributed by atoms with Gasteiger partial charge in [-0.3, -0.25) is 0 Å². The van der Waals surface area contributed by atoms with Crippen molar-refractivity contribution in [2.45, 2.75) is 25.0 Å². The van der Waals surface area contributed by atoms with Gasteiger partial charge >= 0.3 is 0 Å². The van der Waals surface area contributed by atoms with Gasteiger partial charge in [-0.25, -0.2) is 4.39 Å². The van der Waals surface area contributed by atoms with Gasteiger partial charge in [-0.05, 0) is 25.0 Å². The highest BCUT2D eigenvalue weighted by molar-refractivity contribution is 5.43. The average Bonchev–Trinajstić information content (AvgIpc) is 3.18. The van der Waals surface area contributed by atoms with E-state index in [-0.39, 0.29) is 17.9 Å². The van der Waals surface area contributed by atoms with Gasteiger partial charge < -0.3 is 15.2 Å². The lowest BCUT2D eigenvalue weighted by Gasteiger charge is -2.13. The summed E-state index contributed by atoms with van der Waals surface area (Å²) in [6.07, 6.45) is 1.63. The number of nitrogens with one attached hydrogen (secondary N) is 1. The Kier molecular flexibility index (Phi) is 4.13. The third-order valence-corrected chi connectivity index (χ3v) is 2.74. The van der Waals surface area contributed by atoms with Gasteiger partial charge in [0.25, 0.3) is 0 Å². The molecule has 1 aromatic rings. The van der Waals surface area contributed by atoms with Crippen molar-refractivity contribution in [1.82, 2.24) is 5.32 Å². The molecule has 0 aromatic heterocycles. The summed E-state index contributed by atoms with van der Waals surface area (Å²) in [7, 11) is 0. The Labute approximate surface area is 105 Å². The molecule has 2 N–H and O–H groups in total. The first-order chi connectivity index (χ1) is 8.70. The Bertz CT molecular complexity index is 455. The van der Waals surface area contributed by atoms with Gasteiger partial charge in [-0.15, -0.1) is 0 Å². The number of halogens is 1. The number of ether oxygens (including phenoxy) is 1. The van der Waals surface area contributed by atoms with E-state index in [2.05, 4.69) is 5.32 Å². The Morgan fingerprint density at radius 1 is 1.56 bits per heavy atom. The first kappa shape index (κ1) is 12.8. The molecule has 1 aliphatic rings. The maximum atomic E-state index is 13.3. The average molecular weight is 250 g/mol. The van der Waals surface area contributed by atoms with Gasteiger partial charge in [0, 0.05) is 12.6 Å². The van der Waals surface area contributed by atoms with E-state index in [1.54, 1.807) is 6.07 Å². The molecule has 1 atom stereocenters. The summed E-state index contributed by atoms with van der Waals surface area (Å²) < 4.78 is 18.5. The van der Waals surface area contributed by atoms with Crippen LogP contribution in [-0.2, 0) is 0 Å². The normalized spacial score (nSPS) is 16.1. The van der Waals surface area contributed by atoms with E-state index in [1.807, 2.05) is 0 Å². The highest BCUT2D eigenvalue weighted by Gasteiger charge is 2.21. The van der Waals surface area contributed by atoms with Crippen molar-refractivity contribution >= 4 is 0 Å². The van der Waals surface area contributed by atoms with Crippen LogP contribution in [0.5, 0.6) is 5.75 Å². The van der Waals surface area contributed by atoms with Crippen LogP contribution in [0.2, 0.25) is 0 Å². The standard InChI is InChI=1S/C13H15FN2O2/c14-12-2-1-3-13(11(12)6-15)18-8-10(17)7-16-9-4-5-9/h1-3,9-10,16-17H,4-5,7-8H2.